The predicted molar refractivity (Wildman–Crippen MR) is 59.5 cm³/mol. The fraction of sp³-hybridized carbons (Fsp3) is 0.818. The van der Waals surface area contributed by atoms with Gasteiger partial charge in [0.05, 0.1) is 0 Å². The van der Waals surface area contributed by atoms with E-state index in [1.807, 2.05) is 11.7 Å². The van der Waals surface area contributed by atoms with Gasteiger partial charge in [-0.1, -0.05) is 6.92 Å². The Hall–Kier alpha value is -0.900. The summed E-state index contributed by atoms with van der Waals surface area (Å²) in [6.07, 6.45) is 6.65. The summed E-state index contributed by atoms with van der Waals surface area (Å²) < 4.78 is 1.85. The maximum absolute atomic E-state index is 4.21. The maximum atomic E-state index is 4.21. The Morgan fingerprint density at radius 3 is 2.93 bits per heavy atom. The van der Waals surface area contributed by atoms with Crippen molar-refractivity contribution < 1.29 is 0 Å². The zero-order valence-corrected chi connectivity index (χ0v) is 9.61. The summed E-state index contributed by atoms with van der Waals surface area (Å²) in [6, 6.07) is 0.721. The predicted octanol–water partition coefficient (Wildman–Crippen LogP) is 1.14. The van der Waals surface area contributed by atoms with E-state index in [0.29, 0.717) is 0 Å². The highest BCUT2D eigenvalue weighted by Crippen LogP contribution is 2.33. The first kappa shape index (κ1) is 10.6. The van der Waals surface area contributed by atoms with Crippen LogP contribution in [-0.2, 0) is 13.5 Å². The van der Waals surface area contributed by atoms with Crippen molar-refractivity contribution in [3.63, 3.8) is 0 Å². The molecule has 1 heterocycles. The average molecular weight is 208 g/mol. The van der Waals surface area contributed by atoms with Crippen molar-refractivity contribution in [2.24, 2.45) is 13.0 Å². The molecule has 2 rings (SSSR count). The zero-order chi connectivity index (χ0) is 10.7. The summed E-state index contributed by atoms with van der Waals surface area (Å²) in [6.45, 7) is 3.28. The molecule has 0 saturated heterocycles. The lowest BCUT2D eigenvalue weighted by molar-refractivity contribution is 0.449. The first-order valence-corrected chi connectivity index (χ1v) is 5.87. The molecule has 1 aromatic heterocycles. The molecule has 0 amide bonds. The van der Waals surface area contributed by atoms with Crippen LogP contribution in [0, 0.1) is 5.92 Å². The van der Waals surface area contributed by atoms with Crippen LogP contribution in [-0.4, -0.2) is 27.4 Å². The van der Waals surface area contributed by atoms with Gasteiger partial charge in [0.25, 0.3) is 0 Å². The van der Waals surface area contributed by atoms with Crippen LogP contribution in [0.25, 0.3) is 0 Å². The first-order chi connectivity index (χ1) is 7.31. The van der Waals surface area contributed by atoms with Crippen molar-refractivity contribution in [3.8, 4) is 0 Å². The number of aryl methyl sites for hydroxylation is 1. The fourth-order valence-corrected chi connectivity index (χ4v) is 2.06. The molecule has 0 aromatic carbocycles. The molecule has 1 aliphatic carbocycles. The van der Waals surface area contributed by atoms with E-state index in [1.54, 1.807) is 6.33 Å². The lowest BCUT2D eigenvalue weighted by atomic mass is 10.1. The summed E-state index contributed by atoms with van der Waals surface area (Å²) in [5, 5.41) is 7.68. The van der Waals surface area contributed by atoms with E-state index in [9.17, 15) is 0 Å². The van der Waals surface area contributed by atoms with E-state index in [-0.39, 0.29) is 0 Å². The maximum Gasteiger partial charge on any atom is 0.138 e. The lowest BCUT2D eigenvalue weighted by Gasteiger charge is -2.15. The number of nitrogens with zero attached hydrogens (tertiary/aromatic N) is 3. The van der Waals surface area contributed by atoms with Gasteiger partial charge in [-0.05, 0) is 25.2 Å². The molecule has 0 spiro atoms. The Kier molecular flexibility index (Phi) is 3.36. The topological polar surface area (TPSA) is 42.7 Å². The summed E-state index contributed by atoms with van der Waals surface area (Å²) >= 11 is 0. The van der Waals surface area contributed by atoms with Gasteiger partial charge in [-0.15, -0.1) is 0 Å². The molecule has 0 bridgehead atoms. The van der Waals surface area contributed by atoms with Crippen LogP contribution in [0.5, 0.6) is 0 Å². The lowest BCUT2D eigenvalue weighted by Crippen LogP contribution is -2.32. The van der Waals surface area contributed by atoms with Crippen molar-refractivity contribution in [3.05, 3.63) is 12.2 Å². The van der Waals surface area contributed by atoms with Gasteiger partial charge < -0.3 is 5.32 Å². The smallest absolute Gasteiger partial charge is 0.138 e. The van der Waals surface area contributed by atoms with Crippen molar-refractivity contribution in [2.45, 2.75) is 38.6 Å². The molecule has 1 atom stereocenters. The van der Waals surface area contributed by atoms with Crippen LogP contribution < -0.4 is 5.32 Å². The molecule has 4 nitrogen and oxygen atoms in total. The molecule has 1 N–H and O–H groups in total. The third kappa shape index (κ3) is 2.78. The molecule has 1 aromatic rings. The van der Waals surface area contributed by atoms with Crippen LogP contribution in [0.2, 0.25) is 0 Å². The molecule has 1 saturated carbocycles. The minimum absolute atomic E-state index is 0.721. The van der Waals surface area contributed by atoms with Gasteiger partial charge in [-0.25, -0.2) is 4.98 Å². The van der Waals surface area contributed by atoms with Gasteiger partial charge in [0, 0.05) is 26.1 Å². The van der Waals surface area contributed by atoms with Gasteiger partial charge in [0.2, 0.25) is 0 Å². The Balaban J connectivity index is 1.72. The molecule has 1 aliphatic rings. The number of aromatic nitrogens is 3. The SMILES string of the molecule is CCC(NCCc1ncnn1C)C1CC1. The van der Waals surface area contributed by atoms with Gasteiger partial charge in [0.15, 0.2) is 0 Å². The summed E-state index contributed by atoms with van der Waals surface area (Å²) in [5.41, 5.74) is 0. The van der Waals surface area contributed by atoms with Gasteiger partial charge >= 0.3 is 0 Å². The number of nitrogens with one attached hydrogen (secondary N) is 1. The molecule has 15 heavy (non-hydrogen) atoms. The van der Waals surface area contributed by atoms with Crippen LogP contribution in [0.15, 0.2) is 6.33 Å². The highest BCUT2D eigenvalue weighted by Gasteiger charge is 2.29. The fourth-order valence-electron chi connectivity index (χ4n) is 2.06. The van der Waals surface area contributed by atoms with Crippen molar-refractivity contribution in [1.82, 2.24) is 20.1 Å². The second-order valence-electron chi connectivity index (χ2n) is 4.36. The van der Waals surface area contributed by atoms with Crippen LogP contribution in [0.1, 0.15) is 32.0 Å². The van der Waals surface area contributed by atoms with Gasteiger partial charge in [-0.2, -0.15) is 5.10 Å². The first-order valence-electron chi connectivity index (χ1n) is 5.87. The third-order valence-electron chi connectivity index (χ3n) is 3.19. The largest absolute Gasteiger partial charge is 0.313 e. The quantitative estimate of drug-likeness (QED) is 0.762. The van der Waals surface area contributed by atoms with Gasteiger partial charge in [-0.3, -0.25) is 4.68 Å². The van der Waals surface area contributed by atoms with E-state index in [1.165, 1.54) is 19.3 Å². The minimum Gasteiger partial charge on any atom is -0.313 e. The molecule has 0 radical (unpaired) electrons. The van der Waals surface area contributed by atoms with Crippen molar-refractivity contribution >= 4 is 0 Å². The van der Waals surface area contributed by atoms with Crippen LogP contribution >= 0.6 is 0 Å². The number of rotatable bonds is 6. The number of hydrogen-bond acceptors (Lipinski definition) is 3. The molecule has 1 fully saturated rings. The third-order valence-corrected chi connectivity index (χ3v) is 3.19. The number of hydrogen-bond donors (Lipinski definition) is 1. The van der Waals surface area contributed by atoms with Crippen molar-refractivity contribution in [2.75, 3.05) is 6.54 Å². The second kappa shape index (κ2) is 4.75. The second-order valence-corrected chi connectivity index (χ2v) is 4.36. The summed E-state index contributed by atoms with van der Waals surface area (Å²) in [7, 11) is 1.94. The normalized spacial score (nSPS) is 18.0. The minimum atomic E-state index is 0.721. The Labute approximate surface area is 91.1 Å². The molecule has 0 aliphatic heterocycles. The molecule has 84 valence electrons. The van der Waals surface area contributed by atoms with E-state index in [0.717, 1.165) is 30.7 Å². The molecule has 1 unspecified atom stereocenters. The monoisotopic (exact) mass is 208 g/mol. The summed E-state index contributed by atoms with van der Waals surface area (Å²) in [4.78, 5) is 4.21. The van der Waals surface area contributed by atoms with Crippen LogP contribution in [0.4, 0.5) is 0 Å². The standard InChI is InChI=1S/C11H20N4/c1-3-10(9-4-5-9)12-7-6-11-13-8-14-15(11)2/h8-10,12H,3-7H2,1-2H3. The van der Waals surface area contributed by atoms with E-state index < -0.39 is 0 Å². The molecular formula is C11H20N4. The van der Waals surface area contributed by atoms with Gasteiger partial charge in [0.1, 0.15) is 12.2 Å². The van der Waals surface area contributed by atoms with E-state index in [4.69, 9.17) is 0 Å². The Bertz CT molecular complexity index is 303. The summed E-state index contributed by atoms with van der Waals surface area (Å²) in [5.74, 6) is 2.00. The molecule has 4 heteroatoms. The highest BCUT2D eigenvalue weighted by molar-refractivity contribution is 4.88. The van der Waals surface area contributed by atoms with Crippen molar-refractivity contribution in [1.29, 1.82) is 0 Å². The van der Waals surface area contributed by atoms with E-state index >= 15 is 0 Å². The van der Waals surface area contributed by atoms with E-state index in [2.05, 4.69) is 22.3 Å². The Morgan fingerprint density at radius 2 is 2.40 bits per heavy atom. The Morgan fingerprint density at radius 1 is 1.60 bits per heavy atom. The van der Waals surface area contributed by atoms with Crippen LogP contribution in [0.3, 0.4) is 0 Å². The average Bonchev–Trinajstić information content (AvgIpc) is 2.99. The highest BCUT2D eigenvalue weighted by atomic mass is 15.3. The zero-order valence-electron chi connectivity index (χ0n) is 9.61. The molecular weight excluding hydrogens is 188 g/mol.